The number of carbonyl (C=O) groups excluding carboxylic acids is 12. The number of Topliss-reactive ketones (excluding diaryl/α,β-unsaturated/α-hetero) is 3. The number of aliphatic hydroxyl groups is 3. The topological polar surface area (TPSA) is 462 Å². The van der Waals surface area contributed by atoms with E-state index in [1.54, 1.807) is 69.4 Å². The normalized spacial score (nSPS) is 27.0. The number of aliphatic hydroxyl groups excluding tert-OH is 3. The number of nitrogens with zero attached hydrogens (tertiary/aromatic N) is 4. The van der Waals surface area contributed by atoms with E-state index in [4.69, 9.17) is 4.74 Å². The fraction of sp³-hybridized carbons (Fsp3) is 0.471. The number of nitrogens with one attached hydrogen (secondary N) is 7. The average Bonchev–Trinajstić information content (AvgIpc) is 0.825. The van der Waals surface area contributed by atoms with Crippen molar-refractivity contribution in [3.8, 4) is 17.2 Å². The summed E-state index contributed by atoms with van der Waals surface area (Å²) in [5.74, 6) is -13.7. The van der Waals surface area contributed by atoms with E-state index in [0.29, 0.717) is 0 Å². The molecule has 18 atom stereocenters. The molecule has 6 heterocycles. The molecule has 0 bridgehead atoms. The molecule has 3 fully saturated rings. The monoisotopic (exact) mass is 1590 g/mol. The van der Waals surface area contributed by atoms with Crippen LogP contribution in [0.1, 0.15) is 151 Å². The van der Waals surface area contributed by atoms with E-state index in [-0.39, 0.29) is 102 Å². The number of benzene rings is 3. The summed E-state index contributed by atoms with van der Waals surface area (Å²) >= 11 is 0. The molecular weight excluding hydrogens is 1480 g/mol. The summed E-state index contributed by atoms with van der Waals surface area (Å²) in [4.78, 5) is 172. The highest BCUT2D eigenvalue weighted by molar-refractivity contribution is 6.01. The molecule has 6 aromatic rings. The number of ether oxygens (including phenoxy) is 1. The van der Waals surface area contributed by atoms with Gasteiger partial charge in [-0.1, -0.05) is 167 Å². The van der Waals surface area contributed by atoms with Crippen molar-refractivity contribution in [1.29, 1.82) is 0 Å². The van der Waals surface area contributed by atoms with Gasteiger partial charge in [-0.05, 0) is 115 Å². The predicted octanol–water partition coefficient (Wildman–Crippen LogP) is 4.85. The predicted molar refractivity (Wildman–Crippen MR) is 422 cm³/mol. The molecular formula is C85H109N11O19. The van der Waals surface area contributed by atoms with Gasteiger partial charge in [-0.15, -0.1) is 0 Å². The van der Waals surface area contributed by atoms with Crippen LogP contribution in [0.25, 0.3) is 0 Å². The maximum absolute atomic E-state index is 13.7. The van der Waals surface area contributed by atoms with E-state index in [0.717, 1.165) is 16.7 Å². The quantitative estimate of drug-likeness (QED) is 0.0611. The second kappa shape index (κ2) is 42.1. The third kappa shape index (κ3) is 24.6. The maximum Gasteiger partial charge on any atom is 0.312 e. The van der Waals surface area contributed by atoms with Crippen molar-refractivity contribution < 1.29 is 92.9 Å². The lowest BCUT2D eigenvalue weighted by atomic mass is 9.85. The van der Waals surface area contributed by atoms with Crippen molar-refractivity contribution >= 4 is 70.6 Å². The summed E-state index contributed by atoms with van der Waals surface area (Å²) in [5, 5.41) is 83.0. The molecule has 0 spiro atoms. The van der Waals surface area contributed by atoms with Crippen LogP contribution in [-0.4, -0.2) is 201 Å². The molecule has 9 rings (SSSR count). The number of amides is 8. The van der Waals surface area contributed by atoms with E-state index in [1.165, 1.54) is 66.8 Å². The Morgan fingerprint density at radius 3 is 1.09 bits per heavy atom. The summed E-state index contributed by atoms with van der Waals surface area (Å²) in [6.07, 6.45) is -0.663. The number of hydrogen-bond donors (Lipinski definition) is 13. The molecule has 3 unspecified atom stereocenters. The number of esters is 1. The first kappa shape index (κ1) is 90.8. The fourth-order valence-electron chi connectivity index (χ4n) is 14.3. The molecule has 3 aromatic carbocycles. The van der Waals surface area contributed by atoms with Crippen molar-refractivity contribution in [2.24, 2.45) is 53.3 Å². The Morgan fingerprint density at radius 2 is 0.757 bits per heavy atom. The van der Waals surface area contributed by atoms with Crippen molar-refractivity contribution in [3.05, 3.63) is 180 Å². The highest BCUT2D eigenvalue weighted by atomic mass is 16.5. The van der Waals surface area contributed by atoms with Gasteiger partial charge in [-0.3, -0.25) is 57.5 Å². The highest BCUT2D eigenvalue weighted by Crippen LogP contribution is 2.29. The number of aromatic hydroxyl groups is 3. The van der Waals surface area contributed by atoms with Gasteiger partial charge in [-0.2, -0.15) is 0 Å². The lowest BCUT2D eigenvalue weighted by Gasteiger charge is -2.37. The van der Waals surface area contributed by atoms with Gasteiger partial charge in [0.15, 0.2) is 40.5 Å². The Morgan fingerprint density at radius 1 is 0.426 bits per heavy atom. The molecule has 3 aliphatic rings. The smallest absolute Gasteiger partial charge is 0.312 e. The second-order valence-electron chi connectivity index (χ2n) is 31.1. The first-order chi connectivity index (χ1) is 54.4. The minimum absolute atomic E-state index is 0.0900. The van der Waals surface area contributed by atoms with Crippen LogP contribution >= 0.6 is 0 Å². The van der Waals surface area contributed by atoms with Crippen LogP contribution in [0.4, 0.5) is 0 Å². The number of likely N-dealkylation sites (N-methyl/N-ethyl adjacent to an activating group) is 1. The minimum Gasteiger partial charge on any atom is -0.505 e. The number of aromatic nitrogens is 3. The highest BCUT2D eigenvalue weighted by Gasteiger charge is 2.45. The standard InChI is InChI=1S/C29H38N4O6.C28H36N4O6.C28H35N3O7/c1-16(2)25-22(35)14-17(3)23(32-28(38)24-21(34)12-9-13-30-24)27(37)31-20(15-19-10-7-6-8-11-19)26(36)18(4)29(39)33(25)5;1-15(2)22-21(34)13-16(3)23(32-28(38)24-20(33)11-8-12-29-24)27(37)30-19(14-18-9-6-5-7-10-18)25(35)17(4)26(36)31-22;1-15(2)25-21(33)13-16(3)22(31-27(36)23-20(32)11-8-12-29-23)26(35)30-19(14-18-9-6-5-7-10-18)24(34)17(4)28(37)38-25/h6-13,16-18,20,23,25-26,34,36H,14-15H2,1-5H3,(H,31,37)(H,32,38);5-12,15-17,19,22-23,25,33,35H,13-14H2,1-4H3,(H,30,37)(H,31,36)(H,32,38);5-12,15-17,19,22,24-25,32,34H,13-14H2,1-4H3,(H,30,35)(H,31,36)/t17-,18+,20-,23-,25?,26-;16-,17+,19-,22?,23-,25-;16-,17+,19-,22-,24-,25?/m000/s1. The van der Waals surface area contributed by atoms with Gasteiger partial charge >= 0.3 is 5.97 Å². The summed E-state index contributed by atoms with van der Waals surface area (Å²) < 4.78 is 5.56. The third-order valence-corrected chi connectivity index (χ3v) is 21.0. The zero-order valence-corrected chi connectivity index (χ0v) is 67.0. The van der Waals surface area contributed by atoms with Gasteiger partial charge in [0.2, 0.25) is 29.5 Å². The number of ketones is 3. The van der Waals surface area contributed by atoms with Crippen molar-refractivity contribution in [3.63, 3.8) is 0 Å². The Balaban J connectivity index is 0.000000239. The first-order valence-corrected chi connectivity index (χ1v) is 38.7. The number of cyclic esters (lactones) is 1. The molecule has 30 heteroatoms. The third-order valence-electron chi connectivity index (χ3n) is 21.0. The summed E-state index contributed by atoms with van der Waals surface area (Å²) in [5.41, 5.74) is 1.70. The van der Waals surface area contributed by atoms with Gasteiger partial charge in [0, 0.05) is 44.9 Å². The lowest BCUT2D eigenvalue weighted by Crippen LogP contribution is -2.59. The van der Waals surface area contributed by atoms with Gasteiger partial charge < -0.3 is 77.5 Å². The van der Waals surface area contributed by atoms with Gasteiger partial charge in [0.25, 0.3) is 17.7 Å². The molecule has 13 N–H and O–H groups in total. The molecule has 0 saturated carbocycles. The molecule has 30 nitrogen and oxygen atoms in total. The van der Waals surface area contributed by atoms with Crippen molar-refractivity contribution in [2.75, 3.05) is 7.05 Å². The van der Waals surface area contributed by atoms with E-state index in [2.05, 4.69) is 52.2 Å². The minimum atomic E-state index is -1.35. The Bertz CT molecular complexity index is 4180. The van der Waals surface area contributed by atoms with Crippen molar-refractivity contribution in [1.82, 2.24) is 57.1 Å². The van der Waals surface area contributed by atoms with E-state index >= 15 is 0 Å². The van der Waals surface area contributed by atoms with Gasteiger partial charge in [0.1, 0.15) is 35.4 Å². The molecule has 8 amide bonds. The molecule has 3 saturated heterocycles. The van der Waals surface area contributed by atoms with Crippen LogP contribution in [0.5, 0.6) is 17.2 Å². The Hall–Kier alpha value is -11.4. The molecule has 0 aliphatic carbocycles. The molecule has 618 valence electrons. The van der Waals surface area contributed by atoms with Crippen LogP contribution in [0.15, 0.2) is 146 Å². The van der Waals surface area contributed by atoms with E-state index in [1.807, 2.05) is 105 Å². The van der Waals surface area contributed by atoms with E-state index in [9.17, 15) is 88.2 Å². The van der Waals surface area contributed by atoms with Crippen LogP contribution in [0.2, 0.25) is 0 Å². The lowest BCUT2D eigenvalue weighted by molar-refractivity contribution is -0.166. The SMILES string of the molecule is CC(C)C1C(=O)C[C@H](C)[C@H](NC(=O)c2ncccc2O)C(=O)N[C@@H](Cc2ccccc2)[C@@H](O)[C@@H](C)C(=O)N1C.CC(C)C1NC(=O)[C@H](C)[C@H](O)[C@H](Cc2ccccc2)NC(=O)[C@@H](NC(=O)c2ncccc2O)[C@@H](C)CC1=O.CC(C)C1OC(=O)[C@H](C)[C@H](O)[C@H](Cc2ccccc2)NC(=O)[C@@H](NC(=O)c2ncccc2O)[C@@H](C)CC1=O. The molecule has 3 aliphatic heterocycles. The van der Waals surface area contributed by atoms with E-state index < -0.39 is 167 Å². The Labute approximate surface area is 669 Å². The largest absolute Gasteiger partial charge is 0.505 e. The summed E-state index contributed by atoms with van der Waals surface area (Å²) in [6, 6.07) is 28.1. The maximum atomic E-state index is 13.7. The van der Waals surface area contributed by atoms with Crippen molar-refractivity contribution in [2.45, 2.75) is 194 Å². The summed E-state index contributed by atoms with van der Waals surface area (Å²) in [7, 11) is 1.55. The zero-order valence-electron chi connectivity index (χ0n) is 67.0. The Kier molecular flexibility index (Phi) is 33.3. The number of rotatable bonds is 15. The van der Waals surface area contributed by atoms with Gasteiger partial charge in [-0.25, -0.2) is 15.0 Å². The van der Waals surface area contributed by atoms with Crippen LogP contribution in [-0.2, 0) is 67.2 Å². The number of carbonyl (C=O) groups is 12. The fourth-order valence-corrected chi connectivity index (χ4v) is 14.3. The molecule has 0 radical (unpaired) electrons. The average molecular weight is 1590 g/mol. The molecule has 3 aromatic heterocycles. The van der Waals surface area contributed by atoms with Gasteiger partial charge in [0.05, 0.1) is 66.3 Å². The second-order valence-corrected chi connectivity index (χ2v) is 31.1. The number of hydrogen-bond acceptors (Lipinski definition) is 22. The van der Waals surface area contributed by atoms with Crippen LogP contribution in [0, 0.1) is 53.3 Å². The van der Waals surface area contributed by atoms with Crippen LogP contribution in [0.3, 0.4) is 0 Å². The number of pyridine rings is 3. The first-order valence-electron chi connectivity index (χ1n) is 38.7. The summed E-state index contributed by atoms with van der Waals surface area (Å²) in [6.45, 7) is 20.3. The zero-order chi connectivity index (χ0) is 84.8. The van der Waals surface area contributed by atoms with Crippen LogP contribution < -0.4 is 37.2 Å². The molecule has 115 heavy (non-hydrogen) atoms.